The number of methoxy groups -OCH3 is 1. The van der Waals surface area contributed by atoms with E-state index in [1.54, 1.807) is 19.1 Å². The van der Waals surface area contributed by atoms with E-state index < -0.39 is 47.9 Å². The number of allylic oxidation sites excluding steroid dienone is 4. The molecule has 11 heteroatoms. The van der Waals surface area contributed by atoms with Gasteiger partial charge in [0.15, 0.2) is 17.8 Å². The SMILES string of the molecule is COC[C@@H](CCO)c1c(CO)c2ccc3c(c2oc1=O)[C@H]1OC(=O)C[C@@H]2C[C@@H](c4cccc5c4CC[C@@H]4CCC[C@H]6C=Cc7ccccc7[C@@]546)C=C[C@H]2c2ccc4cc2CC#CC[C@@]([C@@H]2C[C@@H]5C=Cc6ccccc6[C@@H]5C2)(O3)[C@H]1OC(=O)/C(=C(/C)CO)CC4. The molecule has 15 rings (SSSR count). The van der Waals surface area contributed by atoms with E-state index in [1.165, 1.54) is 53.3 Å². The quantitative estimate of drug-likeness (QED) is 0.0415. The van der Waals surface area contributed by atoms with E-state index in [0.717, 1.165) is 41.5 Å². The van der Waals surface area contributed by atoms with Crippen LogP contribution in [0.1, 0.15) is 180 Å². The number of hydrogen-bond donors (Lipinski definition) is 3. The summed E-state index contributed by atoms with van der Waals surface area (Å²) in [5.74, 6) is 6.15. The Balaban J connectivity index is 0.917. The zero-order chi connectivity index (χ0) is 60.7. The lowest BCUT2D eigenvalue weighted by atomic mass is 9.48. The van der Waals surface area contributed by atoms with Gasteiger partial charge in [-0.2, -0.15) is 0 Å². The van der Waals surface area contributed by atoms with Crippen LogP contribution >= 0.6 is 0 Å². The number of rotatable bonds is 9. The van der Waals surface area contributed by atoms with Crippen molar-refractivity contribution in [2.45, 2.75) is 150 Å². The zero-order valence-corrected chi connectivity index (χ0v) is 50.9. The highest BCUT2D eigenvalue weighted by atomic mass is 16.6. The van der Waals surface area contributed by atoms with Crippen LogP contribution in [0.5, 0.6) is 5.75 Å². The van der Waals surface area contributed by atoms with E-state index in [9.17, 15) is 20.1 Å². The summed E-state index contributed by atoms with van der Waals surface area (Å²) in [5.41, 5.74) is 11.7. The number of carbonyl (C=O) groups excluding carboxylic acids is 2. The van der Waals surface area contributed by atoms with Gasteiger partial charge in [0, 0.05) is 72.2 Å². The highest BCUT2D eigenvalue weighted by molar-refractivity contribution is 5.91. The minimum Gasteiger partial charge on any atom is -0.481 e. The standard InChI is InChI=1S/C78H78O11/c1-45(42-80)57-28-20-46-21-29-60-49(37-46)13-7-8-35-77(56-39-51-23-22-47-11-3-5-16-58(47)64(51)41-56)74(88-75(57)83)73(71-68(89-77)33-32-63-65(43-81)70(76(84)87-72(63)71)52(34-36-79)44-85-2)86-69(82)40-53-38-50(25-30-61(53)60)59-17-10-19-67-62(59)31-27-55-15-9-14-54-26-24-48-12-4-6-18-66(48)78(54,55)67/h3-6,10-12,16-19,21-26,29-30,32-33,37,50-56,61,64,73-74,79-81H,9,13-15,20,27-28,31,34-36,38-44H2,1-2H3/b57-45-/t50-,51-,52+,53-,54-,55-,56+,61+,64+,73+,74-,77-,78-/m0/s1. The molecule has 89 heavy (non-hydrogen) atoms. The molecule has 3 N–H and O–H groups in total. The van der Waals surface area contributed by atoms with Gasteiger partial charge in [0.1, 0.15) is 11.3 Å². The fraction of sp³-hybridized carbons (Fsp3) is 0.423. The molecule has 5 bridgehead atoms. The van der Waals surface area contributed by atoms with Gasteiger partial charge in [-0.15, -0.1) is 0 Å². The van der Waals surface area contributed by atoms with Crippen LogP contribution in [0.15, 0.2) is 142 Å². The van der Waals surface area contributed by atoms with Crippen LogP contribution in [0.4, 0.5) is 0 Å². The first kappa shape index (κ1) is 57.8. The van der Waals surface area contributed by atoms with Gasteiger partial charge in [-0.1, -0.05) is 140 Å². The molecule has 0 radical (unpaired) electrons. The van der Waals surface area contributed by atoms with Crippen LogP contribution < -0.4 is 10.4 Å². The van der Waals surface area contributed by atoms with Crippen molar-refractivity contribution in [3.63, 3.8) is 0 Å². The molecule has 3 aliphatic heterocycles. The van der Waals surface area contributed by atoms with Crippen LogP contribution in [-0.2, 0) is 55.1 Å². The number of aryl methyl sites for hydroxylation is 1. The largest absolute Gasteiger partial charge is 0.481 e. The molecule has 0 unspecified atom stereocenters. The number of fused-ring (bicyclic) bond motifs is 14. The third-order valence-corrected chi connectivity index (χ3v) is 22.7. The molecular formula is C78H78O11. The maximum atomic E-state index is 16.1. The Morgan fingerprint density at radius 1 is 0.775 bits per heavy atom. The summed E-state index contributed by atoms with van der Waals surface area (Å²) in [6.45, 7) is 0.637. The van der Waals surface area contributed by atoms with E-state index in [1.807, 2.05) is 0 Å². The third kappa shape index (κ3) is 9.48. The highest BCUT2D eigenvalue weighted by Gasteiger charge is 2.62. The smallest absolute Gasteiger partial charge is 0.340 e. The van der Waals surface area contributed by atoms with Crippen molar-refractivity contribution in [2.75, 3.05) is 26.9 Å². The average molecular weight is 1190 g/mol. The van der Waals surface area contributed by atoms with Gasteiger partial charge in [-0.05, 0) is 180 Å². The number of hydrogen-bond acceptors (Lipinski definition) is 11. The summed E-state index contributed by atoms with van der Waals surface area (Å²) >= 11 is 0. The van der Waals surface area contributed by atoms with Crippen LogP contribution in [0.25, 0.3) is 23.1 Å². The van der Waals surface area contributed by atoms with Crippen molar-refractivity contribution >= 4 is 35.1 Å². The van der Waals surface area contributed by atoms with Gasteiger partial charge < -0.3 is 38.7 Å². The topological polar surface area (TPSA) is 162 Å². The van der Waals surface area contributed by atoms with E-state index in [0.29, 0.717) is 60.5 Å². The number of ether oxygens (including phenoxy) is 4. The monoisotopic (exact) mass is 1190 g/mol. The summed E-state index contributed by atoms with van der Waals surface area (Å²) in [4.78, 5) is 46.6. The lowest BCUT2D eigenvalue weighted by Crippen LogP contribution is -2.60. The van der Waals surface area contributed by atoms with Crippen LogP contribution in [0, 0.1) is 41.4 Å². The number of benzene rings is 5. The highest BCUT2D eigenvalue weighted by Crippen LogP contribution is 2.62. The maximum absolute atomic E-state index is 16.1. The van der Waals surface area contributed by atoms with Crippen molar-refractivity contribution in [3.05, 3.63) is 215 Å². The van der Waals surface area contributed by atoms with Crippen LogP contribution in [-0.4, -0.2) is 65.9 Å². The van der Waals surface area contributed by atoms with Crippen molar-refractivity contribution in [1.82, 2.24) is 0 Å². The second-order valence-electron chi connectivity index (χ2n) is 27.0. The van der Waals surface area contributed by atoms with E-state index in [4.69, 9.17) is 23.4 Å². The molecule has 6 aliphatic carbocycles. The Labute approximate surface area is 520 Å². The number of aliphatic hydroxyl groups is 3. The van der Waals surface area contributed by atoms with Gasteiger partial charge in [0.2, 0.25) is 0 Å². The lowest BCUT2D eigenvalue weighted by molar-refractivity contribution is -0.202. The molecule has 0 saturated heterocycles. The van der Waals surface area contributed by atoms with Crippen molar-refractivity contribution in [1.29, 1.82) is 0 Å². The van der Waals surface area contributed by atoms with Gasteiger partial charge in [-0.3, -0.25) is 4.79 Å². The first-order valence-electron chi connectivity index (χ1n) is 32.7. The predicted molar refractivity (Wildman–Crippen MR) is 341 cm³/mol. The van der Waals surface area contributed by atoms with Gasteiger partial charge in [0.05, 0.1) is 31.8 Å². The molecule has 1 aromatic heterocycles. The summed E-state index contributed by atoms with van der Waals surface area (Å²) in [7, 11) is 1.52. The lowest BCUT2D eigenvalue weighted by Gasteiger charge is -2.55. The van der Waals surface area contributed by atoms with Crippen LogP contribution in [0.2, 0.25) is 0 Å². The Bertz CT molecular complexity index is 4090. The molecule has 13 atom stereocenters. The second kappa shape index (κ2) is 23.3. The zero-order valence-electron chi connectivity index (χ0n) is 50.9. The van der Waals surface area contributed by atoms with Crippen molar-refractivity contribution < 1.29 is 48.3 Å². The van der Waals surface area contributed by atoms with E-state index in [-0.39, 0.29) is 114 Å². The molecule has 2 fully saturated rings. The fourth-order valence-corrected chi connectivity index (χ4v) is 18.8. The fourth-order valence-electron chi connectivity index (χ4n) is 18.8. The number of aliphatic hydroxyl groups excluding tert-OH is 3. The molecule has 1 spiro atoms. The van der Waals surface area contributed by atoms with Crippen LogP contribution in [0.3, 0.4) is 0 Å². The molecule has 11 nitrogen and oxygen atoms in total. The third-order valence-electron chi connectivity index (χ3n) is 22.7. The average Bonchev–Trinajstić information content (AvgIpc) is 1.26. The van der Waals surface area contributed by atoms with Gasteiger partial charge in [-0.25, -0.2) is 9.59 Å². The molecule has 6 aromatic rings. The molecular weight excluding hydrogens is 1110 g/mol. The molecule has 9 aliphatic rings. The molecule has 0 amide bonds. The summed E-state index contributed by atoms with van der Waals surface area (Å²) in [6.07, 6.45) is 20.4. The maximum Gasteiger partial charge on any atom is 0.340 e. The first-order valence-corrected chi connectivity index (χ1v) is 32.7. The minimum absolute atomic E-state index is 0.00452. The summed E-state index contributed by atoms with van der Waals surface area (Å²) in [5, 5.41) is 32.9. The molecule has 2 saturated carbocycles. The van der Waals surface area contributed by atoms with Gasteiger partial charge >= 0.3 is 17.6 Å². The Hall–Kier alpha value is -7.59. The van der Waals surface area contributed by atoms with Gasteiger partial charge in [0.25, 0.3) is 0 Å². The second-order valence-corrected chi connectivity index (χ2v) is 27.0. The van der Waals surface area contributed by atoms with E-state index in [2.05, 4.69) is 133 Å². The number of esters is 2. The Morgan fingerprint density at radius 2 is 1.61 bits per heavy atom. The summed E-state index contributed by atoms with van der Waals surface area (Å²) in [6, 6.07) is 34.7. The first-order chi connectivity index (χ1) is 43.5. The molecule has 4 heterocycles. The minimum atomic E-state index is -1.45. The van der Waals surface area contributed by atoms with Crippen molar-refractivity contribution in [3.8, 4) is 17.6 Å². The Kier molecular flexibility index (Phi) is 15.2. The Morgan fingerprint density at radius 3 is 2.46 bits per heavy atom. The van der Waals surface area contributed by atoms with E-state index >= 15 is 9.59 Å². The number of carbonyl (C=O) groups is 2. The van der Waals surface area contributed by atoms with Crippen molar-refractivity contribution in [2.24, 2.45) is 29.6 Å². The summed E-state index contributed by atoms with van der Waals surface area (Å²) < 4.78 is 34.1. The molecule has 456 valence electrons. The predicted octanol–water partition coefficient (Wildman–Crippen LogP) is 13.3. The molecule has 5 aromatic carbocycles. The normalized spacial score (nSPS) is 30.4.